The number of carbonyl (C=O) groups is 1. The molecule has 1 aromatic heterocycles. The number of ether oxygens (including phenoxy) is 1. The van der Waals surface area contributed by atoms with Crippen LogP contribution in [-0.4, -0.2) is 27.0 Å². The summed E-state index contributed by atoms with van der Waals surface area (Å²) >= 11 is 0. The van der Waals surface area contributed by atoms with E-state index in [-0.39, 0.29) is 11.3 Å². The summed E-state index contributed by atoms with van der Waals surface area (Å²) in [5.74, 6) is -2.07. The summed E-state index contributed by atoms with van der Waals surface area (Å²) in [7, 11) is 0. The van der Waals surface area contributed by atoms with Gasteiger partial charge in [0.15, 0.2) is 0 Å². The van der Waals surface area contributed by atoms with Gasteiger partial charge in [0.05, 0.1) is 22.3 Å². The first kappa shape index (κ1) is 19.4. The quantitative estimate of drug-likeness (QED) is 0.451. The standard InChI is InChI=1S/C21H12F4N2O3/c22-15-7-14(12-1-4-17(5-2-12)30-21(23,24)25)8-16(10-15)27-11-26-18-6-3-13(20(28)29)9-19(18)27/h1-11H,(H,28,29). The van der Waals surface area contributed by atoms with Crippen molar-refractivity contribution in [2.75, 3.05) is 0 Å². The number of carboxylic acid groups (broad SMARTS) is 1. The normalized spacial score (nSPS) is 11.6. The molecule has 1 N–H and O–H groups in total. The van der Waals surface area contributed by atoms with Crippen molar-refractivity contribution in [3.63, 3.8) is 0 Å². The van der Waals surface area contributed by atoms with E-state index in [4.69, 9.17) is 0 Å². The molecule has 4 rings (SSSR count). The maximum absolute atomic E-state index is 14.3. The van der Waals surface area contributed by atoms with E-state index in [9.17, 15) is 27.5 Å². The number of nitrogens with zero attached hydrogens (tertiary/aromatic N) is 2. The molecule has 3 aromatic carbocycles. The molecule has 0 atom stereocenters. The second-order valence-corrected chi connectivity index (χ2v) is 6.39. The Morgan fingerprint density at radius 1 is 0.967 bits per heavy atom. The van der Waals surface area contributed by atoms with Gasteiger partial charge in [-0.3, -0.25) is 4.57 Å². The number of hydrogen-bond donors (Lipinski definition) is 1. The minimum absolute atomic E-state index is 0.0566. The molecule has 0 saturated heterocycles. The number of aromatic carboxylic acids is 1. The van der Waals surface area contributed by atoms with Crippen LogP contribution >= 0.6 is 0 Å². The molecule has 152 valence electrons. The average molecular weight is 416 g/mol. The van der Waals surface area contributed by atoms with Gasteiger partial charge < -0.3 is 9.84 Å². The lowest BCUT2D eigenvalue weighted by atomic mass is 10.0. The van der Waals surface area contributed by atoms with Crippen LogP contribution < -0.4 is 4.74 Å². The van der Waals surface area contributed by atoms with Gasteiger partial charge in [-0.25, -0.2) is 14.2 Å². The minimum atomic E-state index is -4.80. The Hall–Kier alpha value is -3.88. The Kier molecular flexibility index (Phi) is 4.65. The lowest BCUT2D eigenvalue weighted by molar-refractivity contribution is -0.274. The van der Waals surface area contributed by atoms with Crippen LogP contribution in [0.25, 0.3) is 27.8 Å². The number of halogens is 4. The molecule has 0 unspecified atom stereocenters. The largest absolute Gasteiger partial charge is 0.573 e. The predicted octanol–water partition coefficient (Wildman–Crippen LogP) is 5.43. The highest BCUT2D eigenvalue weighted by Crippen LogP contribution is 2.29. The zero-order valence-electron chi connectivity index (χ0n) is 15.0. The average Bonchev–Trinajstić information content (AvgIpc) is 3.10. The highest BCUT2D eigenvalue weighted by molar-refractivity contribution is 5.92. The van der Waals surface area contributed by atoms with Crippen LogP contribution in [0.3, 0.4) is 0 Å². The van der Waals surface area contributed by atoms with Crippen LogP contribution in [0.1, 0.15) is 10.4 Å². The van der Waals surface area contributed by atoms with Gasteiger partial charge in [-0.2, -0.15) is 0 Å². The van der Waals surface area contributed by atoms with E-state index < -0.39 is 18.1 Å². The summed E-state index contributed by atoms with van der Waals surface area (Å²) in [5, 5.41) is 9.20. The molecule has 0 aliphatic carbocycles. The van der Waals surface area contributed by atoms with E-state index in [0.29, 0.717) is 27.8 Å². The van der Waals surface area contributed by atoms with Crippen LogP contribution in [0.5, 0.6) is 5.75 Å². The molecule has 0 aliphatic rings. The maximum atomic E-state index is 14.3. The van der Waals surface area contributed by atoms with Crippen molar-refractivity contribution in [1.82, 2.24) is 9.55 Å². The highest BCUT2D eigenvalue weighted by atomic mass is 19.4. The third-order valence-electron chi connectivity index (χ3n) is 4.38. The maximum Gasteiger partial charge on any atom is 0.573 e. The van der Waals surface area contributed by atoms with E-state index in [0.717, 1.165) is 12.1 Å². The van der Waals surface area contributed by atoms with Gasteiger partial charge >= 0.3 is 12.3 Å². The van der Waals surface area contributed by atoms with E-state index in [1.807, 2.05) is 0 Å². The van der Waals surface area contributed by atoms with Crippen LogP contribution in [0.2, 0.25) is 0 Å². The van der Waals surface area contributed by atoms with Gasteiger partial charge in [0, 0.05) is 0 Å². The zero-order chi connectivity index (χ0) is 21.5. The summed E-state index contributed by atoms with van der Waals surface area (Å²) in [6.07, 6.45) is -3.36. The number of fused-ring (bicyclic) bond motifs is 1. The molecule has 1 heterocycles. The Labute approximate surface area is 166 Å². The molecule has 0 fully saturated rings. The number of aromatic nitrogens is 2. The summed E-state index contributed by atoms with van der Waals surface area (Å²) in [6.45, 7) is 0. The van der Waals surface area contributed by atoms with Crippen molar-refractivity contribution < 1.29 is 32.2 Å². The fraction of sp³-hybridized carbons (Fsp3) is 0.0476. The molecule has 5 nitrogen and oxygen atoms in total. The molecule has 0 aliphatic heterocycles. The van der Waals surface area contributed by atoms with Crippen molar-refractivity contribution in [1.29, 1.82) is 0 Å². The first-order valence-electron chi connectivity index (χ1n) is 8.57. The Morgan fingerprint density at radius 2 is 1.70 bits per heavy atom. The Bertz CT molecular complexity index is 1250. The molecule has 0 saturated carbocycles. The van der Waals surface area contributed by atoms with Gasteiger partial charge in [-0.05, 0) is 59.7 Å². The lowest BCUT2D eigenvalue weighted by Gasteiger charge is -2.11. The van der Waals surface area contributed by atoms with Gasteiger partial charge in [0.2, 0.25) is 0 Å². The van der Waals surface area contributed by atoms with Gasteiger partial charge in [-0.15, -0.1) is 13.2 Å². The van der Waals surface area contributed by atoms with Crippen LogP contribution in [0.4, 0.5) is 17.6 Å². The van der Waals surface area contributed by atoms with E-state index >= 15 is 0 Å². The third kappa shape index (κ3) is 3.95. The number of imidazole rings is 1. The fourth-order valence-corrected chi connectivity index (χ4v) is 3.08. The first-order valence-corrected chi connectivity index (χ1v) is 8.57. The summed E-state index contributed by atoms with van der Waals surface area (Å²) in [5.41, 5.74) is 2.33. The third-order valence-corrected chi connectivity index (χ3v) is 4.38. The molecular weight excluding hydrogens is 404 g/mol. The van der Waals surface area contributed by atoms with Crippen LogP contribution in [0.15, 0.2) is 67.0 Å². The molecule has 30 heavy (non-hydrogen) atoms. The van der Waals surface area contributed by atoms with Gasteiger partial charge in [0.25, 0.3) is 0 Å². The molecule has 0 bridgehead atoms. The zero-order valence-corrected chi connectivity index (χ0v) is 15.0. The monoisotopic (exact) mass is 416 g/mol. The Morgan fingerprint density at radius 3 is 2.37 bits per heavy atom. The number of alkyl halides is 3. The first-order chi connectivity index (χ1) is 14.2. The summed E-state index contributed by atoms with van der Waals surface area (Å²) in [6, 6.07) is 13.6. The van der Waals surface area contributed by atoms with Gasteiger partial charge in [0.1, 0.15) is 17.9 Å². The van der Waals surface area contributed by atoms with E-state index in [2.05, 4.69) is 9.72 Å². The number of benzene rings is 3. The lowest BCUT2D eigenvalue weighted by Crippen LogP contribution is -2.16. The van der Waals surface area contributed by atoms with E-state index in [1.165, 1.54) is 47.3 Å². The SMILES string of the molecule is O=C(O)c1ccc2ncn(-c3cc(F)cc(-c4ccc(OC(F)(F)F)cc4)c3)c2c1. The second-order valence-electron chi connectivity index (χ2n) is 6.39. The van der Waals surface area contributed by atoms with Crippen molar-refractivity contribution in [3.05, 3.63) is 78.4 Å². The smallest absolute Gasteiger partial charge is 0.478 e. The molecular formula is C21H12F4N2O3. The number of hydrogen-bond acceptors (Lipinski definition) is 3. The van der Waals surface area contributed by atoms with E-state index in [1.54, 1.807) is 12.1 Å². The van der Waals surface area contributed by atoms with Crippen molar-refractivity contribution in [2.45, 2.75) is 6.36 Å². The van der Waals surface area contributed by atoms with Crippen molar-refractivity contribution in [2.24, 2.45) is 0 Å². The molecule has 0 radical (unpaired) electrons. The molecule has 9 heteroatoms. The van der Waals surface area contributed by atoms with Crippen LogP contribution in [0, 0.1) is 5.82 Å². The highest BCUT2D eigenvalue weighted by Gasteiger charge is 2.31. The second kappa shape index (κ2) is 7.18. The minimum Gasteiger partial charge on any atom is -0.478 e. The predicted molar refractivity (Wildman–Crippen MR) is 100 cm³/mol. The van der Waals surface area contributed by atoms with Gasteiger partial charge in [-0.1, -0.05) is 12.1 Å². The van der Waals surface area contributed by atoms with Crippen molar-refractivity contribution in [3.8, 4) is 22.6 Å². The summed E-state index contributed by atoms with van der Waals surface area (Å²) < 4.78 is 56.6. The number of rotatable bonds is 4. The molecule has 0 spiro atoms. The summed E-state index contributed by atoms with van der Waals surface area (Å²) in [4.78, 5) is 15.4. The van der Waals surface area contributed by atoms with Crippen molar-refractivity contribution >= 4 is 17.0 Å². The topological polar surface area (TPSA) is 64.3 Å². The Balaban J connectivity index is 1.75. The number of carboxylic acids is 1. The van der Waals surface area contributed by atoms with Crippen LogP contribution in [-0.2, 0) is 0 Å². The fourth-order valence-electron chi connectivity index (χ4n) is 3.08. The molecule has 0 amide bonds. The molecule has 4 aromatic rings.